The van der Waals surface area contributed by atoms with Gasteiger partial charge in [-0.2, -0.15) is 0 Å². The lowest BCUT2D eigenvalue weighted by atomic mass is 10.1. The molecule has 14 heteroatoms. The van der Waals surface area contributed by atoms with Gasteiger partial charge in [-0.3, -0.25) is 9.59 Å². The standard InChI is InChI=1S/C23H43N5O9/c1-13(29)16(28-17(30)14(24)9-11-25-20(33)36-22(2,3)4)18(31)27-15(19(32)35-8)10-12-26-21(34)37-23(5,6)7/h13-16,29H,9-12,24H2,1-8H3,(H,25,33)(H,26,34)(H,27,31)(H,28,30)/t13-,14?,15+,16+/m1/s1. The molecule has 0 aliphatic carbocycles. The molecule has 4 amide bonds. The summed E-state index contributed by atoms with van der Waals surface area (Å²) in [6.07, 6.45) is -2.73. The molecule has 0 aromatic rings. The Labute approximate surface area is 217 Å². The Bertz CT molecular complexity index is 790. The predicted octanol–water partition coefficient (Wildman–Crippen LogP) is -0.333. The van der Waals surface area contributed by atoms with Crippen LogP contribution in [-0.2, 0) is 28.6 Å². The van der Waals surface area contributed by atoms with E-state index in [4.69, 9.17) is 19.9 Å². The summed E-state index contributed by atoms with van der Waals surface area (Å²) in [5.74, 6) is -2.41. The van der Waals surface area contributed by atoms with Crippen molar-refractivity contribution in [3.8, 4) is 0 Å². The van der Waals surface area contributed by atoms with Crippen molar-refractivity contribution in [1.29, 1.82) is 0 Å². The molecule has 0 saturated carbocycles. The van der Waals surface area contributed by atoms with Crippen molar-refractivity contribution in [2.45, 2.75) is 96.7 Å². The highest BCUT2D eigenvalue weighted by atomic mass is 16.6. The summed E-state index contributed by atoms with van der Waals surface area (Å²) in [5.41, 5.74) is 4.45. The SMILES string of the molecule is COC(=O)[C@H](CCNC(=O)OC(C)(C)C)NC(=O)[C@@H](NC(=O)C(N)CCNC(=O)OC(C)(C)C)[C@@H](C)O. The van der Waals surface area contributed by atoms with E-state index in [1.165, 1.54) is 6.92 Å². The van der Waals surface area contributed by atoms with Crippen molar-refractivity contribution in [3.63, 3.8) is 0 Å². The van der Waals surface area contributed by atoms with Gasteiger partial charge < -0.3 is 46.3 Å². The van der Waals surface area contributed by atoms with Crippen molar-refractivity contribution in [1.82, 2.24) is 21.3 Å². The molecule has 0 aliphatic rings. The fourth-order valence-electron chi connectivity index (χ4n) is 2.73. The molecule has 7 N–H and O–H groups in total. The van der Waals surface area contributed by atoms with E-state index in [-0.39, 0.29) is 25.9 Å². The molecule has 0 rings (SSSR count). The monoisotopic (exact) mass is 533 g/mol. The third-order valence-corrected chi connectivity index (χ3v) is 4.43. The number of alkyl carbamates (subject to hydrolysis) is 2. The Hall–Kier alpha value is -3.13. The van der Waals surface area contributed by atoms with Crippen LogP contribution in [0.5, 0.6) is 0 Å². The van der Waals surface area contributed by atoms with E-state index >= 15 is 0 Å². The second-order valence-electron chi connectivity index (χ2n) is 10.4. The smallest absolute Gasteiger partial charge is 0.407 e. The van der Waals surface area contributed by atoms with E-state index in [1.807, 2.05) is 0 Å². The molecule has 0 aromatic heterocycles. The van der Waals surface area contributed by atoms with Crippen molar-refractivity contribution in [2.75, 3.05) is 20.2 Å². The minimum atomic E-state index is -1.44. The molecule has 0 radical (unpaired) electrons. The zero-order valence-electron chi connectivity index (χ0n) is 22.9. The summed E-state index contributed by atoms with van der Waals surface area (Å²) in [5, 5.41) is 19.7. The average molecular weight is 534 g/mol. The molecule has 1 unspecified atom stereocenters. The summed E-state index contributed by atoms with van der Waals surface area (Å²) < 4.78 is 14.9. The molecule has 0 aromatic carbocycles. The quantitative estimate of drug-likeness (QED) is 0.142. The Morgan fingerprint density at radius 2 is 1.27 bits per heavy atom. The van der Waals surface area contributed by atoms with Crippen LogP contribution < -0.4 is 27.0 Å². The number of carbonyl (C=O) groups is 5. The minimum Gasteiger partial charge on any atom is -0.467 e. The van der Waals surface area contributed by atoms with Crippen LogP contribution in [0.3, 0.4) is 0 Å². The van der Waals surface area contributed by atoms with Crippen molar-refractivity contribution >= 4 is 30.0 Å². The predicted molar refractivity (Wildman–Crippen MR) is 133 cm³/mol. The molecule has 0 saturated heterocycles. The fraction of sp³-hybridized carbons (Fsp3) is 0.783. The maximum absolute atomic E-state index is 12.8. The maximum atomic E-state index is 12.8. The molecule has 0 aliphatic heterocycles. The second-order valence-corrected chi connectivity index (χ2v) is 10.4. The van der Waals surface area contributed by atoms with Crippen molar-refractivity contribution in [2.24, 2.45) is 5.73 Å². The molecule has 0 fully saturated rings. The van der Waals surface area contributed by atoms with Gasteiger partial charge in [-0.05, 0) is 61.3 Å². The first-order valence-corrected chi connectivity index (χ1v) is 11.9. The Morgan fingerprint density at radius 3 is 1.68 bits per heavy atom. The summed E-state index contributed by atoms with van der Waals surface area (Å²) >= 11 is 0. The third kappa shape index (κ3) is 15.6. The molecule has 37 heavy (non-hydrogen) atoms. The number of nitrogens with two attached hydrogens (primary N) is 1. The lowest BCUT2D eigenvalue weighted by molar-refractivity contribution is -0.146. The van der Waals surface area contributed by atoms with Crippen LogP contribution >= 0.6 is 0 Å². The molecule has 214 valence electrons. The minimum absolute atomic E-state index is 0.0281. The number of hydrogen-bond donors (Lipinski definition) is 6. The fourth-order valence-corrected chi connectivity index (χ4v) is 2.73. The van der Waals surface area contributed by atoms with Gasteiger partial charge in [0.15, 0.2) is 0 Å². The molecule has 0 bridgehead atoms. The maximum Gasteiger partial charge on any atom is 0.407 e. The molecular formula is C23H43N5O9. The lowest BCUT2D eigenvalue weighted by Crippen LogP contribution is -2.58. The van der Waals surface area contributed by atoms with Crippen LogP contribution in [0.4, 0.5) is 9.59 Å². The van der Waals surface area contributed by atoms with Gasteiger partial charge in [0, 0.05) is 13.1 Å². The number of carbonyl (C=O) groups excluding carboxylic acids is 5. The van der Waals surface area contributed by atoms with Gasteiger partial charge in [0.25, 0.3) is 0 Å². The number of ether oxygens (including phenoxy) is 3. The van der Waals surface area contributed by atoms with E-state index in [0.717, 1.165) is 7.11 Å². The number of aliphatic hydroxyl groups is 1. The van der Waals surface area contributed by atoms with E-state index in [2.05, 4.69) is 21.3 Å². The van der Waals surface area contributed by atoms with E-state index in [0.29, 0.717) is 0 Å². The summed E-state index contributed by atoms with van der Waals surface area (Å²) in [4.78, 5) is 60.9. The lowest BCUT2D eigenvalue weighted by Gasteiger charge is -2.25. The van der Waals surface area contributed by atoms with E-state index < -0.39 is 65.4 Å². The highest BCUT2D eigenvalue weighted by molar-refractivity contribution is 5.92. The van der Waals surface area contributed by atoms with Gasteiger partial charge in [-0.15, -0.1) is 0 Å². The number of aliphatic hydroxyl groups excluding tert-OH is 1. The number of amides is 4. The highest BCUT2D eigenvalue weighted by Gasteiger charge is 2.31. The van der Waals surface area contributed by atoms with Gasteiger partial charge >= 0.3 is 18.2 Å². The topological polar surface area (TPSA) is 207 Å². The van der Waals surface area contributed by atoms with E-state index in [1.54, 1.807) is 41.5 Å². The number of nitrogens with one attached hydrogen (secondary N) is 4. The Morgan fingerprint density at radius 1 is 0.811 bits per heavy atom. The zero-order valence-corrected chi connectivity index (χ0v) is 22.9. The molecule has 4 atom stereocenters. The first kappa shape index (κ1) is 33.9. The summed E-state index contributed by atoms with van der Waals surface area (Å²) in [7, 11) is 1.13. The summed E-state index contributed by atoms with van der Waals surface area (Å²) in [6.45, 7) is 11.5. The van der Waals surface area contributed by atoms with Crippen LogP contribution in [0.1, 0.15) is 61.3 Å². The largest absolute Gasteiger partial charge is 0.467 e. The Kier molecular flexibility index (Phi) is 13.9. The summed E-state index contributed by atoms with van der Waals surface area (Å²) in [6, 6.07) is -3.74. The van der Waals surface area contributed by atoms with Gasteiger partial charge in [-0.1, -0.05) is 0 Å². The van der Waals surface area contributed by atoms with Crippen LogP contribution in [0.15, 0.2) is 0 Å². The first-order valence-electron chi connectivity index (χ1n) is 11.9. The van der Waals surface area contributed by atoms with Gasteiger partial charge in [0.2, 0.25) is 11.8 Å². The zero-order chi connectivity index (χ0) is 29.0. The Balaban J connectivity index is 4.96. The molecule has 0 spiro atoms. The number of methoxy groups -OCH3 is 1. The van der Waals surface area contributed by atoms with Crippen LogP contribution in [0, 0.1) is 0 Å². The molecule has 14 nitrogen and oxygen atoms in total. The normalized spacial score (nSPS) is 14.8. The molecule has 0 heterocycles. The van der Waals surface area contributed by atoms with Crippen LogP contribution in [-0.4, -0.2) is 90.7 Å². The van der Waals surface area contributed by atoms with Crippen LogP contribution in [0.25, 0.3) is 0 Å². The van der Waals surface area contributed by atoms with Gasteiger partial charge in [0.1, 0.15) is 23.3 Å². The van der Waals surface area contributed by atoms with Crippen LogP contribution in [0.2, 0.25) is 0 Å². The third-order valence-electron chi connectivity index (χ3n) is 4.43. The first-order chi connectivity index (χ1) is 16.9. The number of esters is 1. The van der Waals surface area contributed by atoms with E-state index in [9.17, 15) is 29.1 Å². The van der Waals surface area contributed by atoms with Gasteiger partial charge in [-0.25, -0.2) is 14.4 Å². The average Bonchev–Trinajstić information content (AvgIpc) is 2.72. The number of hydrogen-bond acceptors (Lipinski definition) is 10. The second kappa shape index (κ2) is 15.2. The van der Waals surface area contributed by atoms with Crippen molar-refractivity contribution < 1.29 is 43.3 Å². The highest BCUT2D eigenvalue weighted by Crippen LogP contribution is 2.07. The van der Waals surface area contributed by atoms with Crippen molar-refractivity contribution in [3.05, 3.63) is 0 Å². The number of rotatable bonds is 12. The molecular weight excluding hydrogens is 490 g/mol. The van der Waals surface area contributed by atoms with Gasteiger partial charge in [0.05, 0.1) is 19.3 Å².